The highest BCUT2D eigenvalue weighted by molar-refractivity contribution is 8.14. The van der Waals surface area contributed by atoms with Gasteiger partial charge in [-0.1, -0.05) is 0 Å². The molecule has 0 aromatic carbocycles. The number of hydrogen-bond donors (Lipinski definition) is 4. The van der Waals surface area contributed by atoms with Crippen LogP contribution in [0.4, 0.5) is 0 Å². The van der Waals surface area contributed by atoms with Crippen molar-refractivity contribution in [3.8, 4) is 0 Å². The Kier molecular flexibility index (Phi) is 11.3. The van der Waals surface area contributed by atoms with Crippen LogP contribution in [0.25, 0.3) is 0 Å². The first-order valence-electron chi connectivity index (χ1n) is 4.76. The van der Waals surface area contributed by atoms with E-state index in [0.29, 0.717) is 0 Å². The molecule has 0 aliphatic heterocycles. The van der Waals surface area contributed by atoms with Crippen molar-refractivity contribution in [3.05, 3.63) is 0 Å². The minimum Gasteiger partial charge on any atom is -0.164 e. The van der Waals surface area contributed by atoms with Gasteiger partial charge in [-0.2, -0.15) is 97.6 Å². The zero-order valence-electron chi connectivity index (χ0n) is 10.2. The SMILES string of the molecule is CSC(S)C(C(S)SC)(C(S)SC)C(S)SC. The fourth-order valence-electron chi connectivity index (χ4n) is 1.55. The second-order valence-corrected chi connectivity index (χ2v) is 10.6. The van der Waals surface area contributed by atoms with Gasteiger partial charge in [0.25, 0.3) is 0 Å². The van der Waals surface area contributed by atoms with E-state index in [4.69, 9.17) is 50.5 Å². The van der Waals surface area contributed by atoms with Crippen molar-refractivity contribution in [3.63, 3.8) is 0 Å². The fraction of sp³-hybridized carbons (Fsp3) is 1.00. The van der Waals surface area contributed by atoms with Gasteiger partial charge in [0.05, 0.1) is 23.7 Å². The Morgan fingerprint density at radius 2 is 0.765 bits per heavy atom. The lowest BCUT2D eigenvalue weighted by molar-refractivity contribution is 0.439. The minimum absolute atomic E-state index is 0.155. The summed E-state index contributed by atoms with van der Waals surface area (Å²) in [6.07, 6.45) is 8.31. The summed E-state index contributed by atoms with van der Waals surface area (Å²) in [5.74, 6) is 0. The second kappa shape index (κ2) is 9.68. The van der Waals surface area contributed by atoms with Gasteiger partial charge in [0, 0.05) is 0 Å². The molecule has 0 nitrogen and oxygen atoms in total. The topological polar surface area (TPSA) is 0 Å². The lowest BCUT2D eigenvalue weighted by Crippen LogP contribution is -2.49. The van der Waals surface area contributed by atoms with E-state index in [1.165, 1.54) is 0 Å². The van der Waals surface area contributed by atoms with Gasteiger partial charge in [-0.05, 0) is 25.0 Å². The summed E-state index contributed by atoms with van der Waals surface area (Å²) >= 11 is 26.0. The maximum atomic E-state index is 4.77. The van der Waals surface area contributed by atoms with Crippen LogP contribution >= 0.6 is 97.6 Å². The van der Waals surface area contributed by atoms with E-state index in [1.807, 2.05) is 0 Å². The van der Waals surface area contributed by atoms with Gasteiger partial charge >= 0.3 is 0 Å². The van der Waals surface area contributed by atoms with Crippen LogP contribution in [0.2, 0.25) is 0 Å². The quantitative estimate of drug-likeness (QED) is 0.360. The van der Waals surface area contributed by atoms with Crippen LogP contribution in [0, 0.1) is 5.41 Å². The lowest BCUT2D eigenvalue weighted by Gasteiger charge is -2.47. The van der Waals surface area contributed by atoms with Gasteiger partial charge < -0.3 is 0 Å². The van der Waals surface area contributed by atoms with Crippen LogP contribution < -0.4 is 0 Å². The highest BCUT2D eigenvalue weighted by Crippen LogP contribution is 2.56. The van der Waals surface area contributed by atoms with Crippen molar-refractivity contribution in [2.75, 3.05) is 25.0 Å². The van der Waals surface area contributed by atoms with E-state index in [2.05, 4.69) is 25.0 Å². The van der Waals surface area contributed by atoms with Crippen molar-refractivity contribution in [2.45, 2.75) is 18.3 Å². The minimum atomic E-state index is -0.157. The van der Waals surface area contributed by atoms with Crippen LogP contribution in [-0.2, 0) is 0 Å². The predicted octanol–water partition coefficient (Wildman–Crippen LogP) is 4.45. The standard InChI is InChI=1S/C9H20S8/c1-14-5(10)9(6(11)15-2,7(12)16-3)8(13)17-4/h5-8,10-13H,1-4H3. The molecule has 0 rings (SSSR count). The first-order valence-corrected chi connectivity index (χ1v) is 12.0. The lowest BCUT2D eigenvalue weighted by atomic mass is 9.97. The Morgan fingerprint density at radius 3 is 0.882 bits per heavy atom. The summed E-state index contributed by atoms with van der Waals surface area (Å²) in [4.78, 5) is 0. The Bertz CT molecular complexity index is 166. The molecule has 4 atom stereocenters. The van der Waals surface area contributed by atoms with Crippen LogP contribution in [0.15, 0.2) is 0 Å². The van der Waals surface area contributed by atoms with Crippen LogP contribution in [0.1, 0.15) is 0 Å². The third-order valence-electron chi connectivity index (χ3n) is 2.60. The molecule has 0 aromatic heterocycles. The molecule has 0 saturated carbocycles. The molecule has 104 valence electrons. The van der Waals surface area contributed by atoms with Crippen molar-refractivity contribution in [1.29, 1.82) is 0 Å². The van der Waals surface area contributed by atoms with Gasteiger partial charge in [0.15, 0.2) is 0 Å². The van der Waals surface area contributed by atoms with Gasteiger partial charge in [-0.15, -0.1) is 0 Å². The van der Waals surface area contributed by atoms with Gasteiger partial charge in [0.2, 0.25) is 0 Å². The Hall–Kier alpha value is 2.80. The monoisotopic (exact) mass is 384 g/mol. The average molecular weight is 385 g/mol. The van der Waals surface area contributed by atoms with E-state index in [1.54, 1.807) is 47.0 Å². The summed E-state index contributed by atoms with van der Waals surface area (Å²) in [5.41, 5.74) is -0.157. The third-order valence-corrected chi connectivity index (χ3v) is 10.3. The molecule has 0 saturated heterocycles. The van der Waals surface area contributed by atoms with Gasteiger partial charge in [0.1, 0.15) is 0 Å². The van der Waals surface area contributed by atoms with Crippen LogP contribution in [0.3, 0.4) is 0 Å². The molecule has 0 aliphatic rings. The molecule has 8 heteroatoms. The summed E-state index contributed by atoms with van der Waals surface area (Å²) in [5, 5.41) is 0. The normalized spacial score (nSPS) is 22.6. The number of hydrogen-bond acceptors (Lipinski definition) is 8. The Labute approximate surface area is 145 Å². The molecule has 0 aliphatic carbocycles. The smallest absolute Gasteiger partial charge is 0.0581 e. The van der Waals surface area contributed by atoms with E-state index in [0.717, 1.165) is 0 Å². The predicted molar refractivity (Wildman–Crippen MR) is 108 cm³/mol. The molecule has 17 heavy (non-hydrogen) atoms. The second-order valence-electron chi connectivity index (χ2n) is 3.35. The third kappa shape index (κ3) is 4.38. The van der Waals surface area contributed by atoms with E-state index < -0.39 is 0 Å². The van der Waals surface area contributed by atoms with E-state index in [9.17, 15) is 0 Å². The highest BCUT2D eigenvalue weighted by atomic mass is 32.2. The Balaban J connectivity index is 5.51. The van der Waals surface area contributed by atoms with Crippen LogP contribution in [-0.4, -0.2) is 43.4 Å². The zero-order chi connectivity index (χ0) is 13.6. The first kappa shape index (κ1) is 19.8. The molecule has 4 unspecified atom stereocenters. The fourth-order valence-corrected chi connectivity index (χ4v) is 9.04. The van der Waals surface area contributed by atoms with Crippen molar-refractivity contribution in [2.24, 2.45) is 5.41 Å². The molecule has 0 fully saturated rings. The van der Waals surface area contributed by atoms with Crippen molar-refractivity contribution in [1.82, 2.24) is 0 Å². The summed E-state index contributed by atoms with van der Waals surface area (Å²) in [7, 11) is 0. The molecule has 0 spiro atoms. The summed E-state index contributed by atoms with van der Waals surface area (Å²) < 4.78 is 0.620. The molecule has 0 N–H and O–H groups in total. The molecule has 0 bridgehead atoms. The molecule has 0 amide bonds. The first-order chi connectivity index (χ1) is 7.93. The molecular formula is C9H20S8. The van der Waals surface area contributed by atoms with Crippen LogP contribution in [0.5, 0.6) is 0 Å². The maximum absolute atomic E-state index is 4.77. The molecule has 0 radical (unpaired) electrons. The summed E-state index contributed by atoms with van der Waals surface area (Å²) in [6.45, 7) is 0. The number of thiol groups is 4. The Morgan fingerprint density at radius 1 is 0.588 bits per heavy atom. The van der Waals surface area contributed by atoms with Gasteiger partial charge in [-0.25, -0.2) is 0 Å². The molecule has 0 heterocycles. The average Bonchev–Trinajstić information content (AvgIpc) is 2.37. The van der Waals surface area contributed by atoms with E-state index >= 15 is 0 Å². The number of thioether (sulfide) groups is 4. The largest absolute Gasteiger partial charge is 0.164 e. The molecular weight excluding hydrogens is 365 g/mol. The summed E-state index contributed by atoms with van der Waals surface area (Å²) in [6, 6.07) is 0. The zero-order valence-corrected chi connectivity index (χ0v) is 17.1. The number of rotatable bonds is 8. The molecule has 0 aromatic rings. The maximum Gasteiger partial charge on any atom is 0.0581 e. The van der Waals surface area contributed by atoms with Crippen molar-refractivity contribution < 1.29 is 0 Å². The van der Waals surface area contributed by atoms with E-state index in [-0.39, 0.29) is 23.7 Å². The van der Waals surface area contributed by atoms with Gasteiger partial charge in [-0.3, -0.25) is 0 Å². The van der Waals surface area contributed by atoms with Crippen molar-refractivity contribution >= 4 is 97.6 Å². The highest BCUT2D eigenvalue weighted by Gasteiger charge is 2.51.